The molecule has 1 aromatic carbocycles. The first-order chi connectivity index (χ1) is 7.24. The maximum Gasteiger partial charge on any atom is 0.289 e. The largest absolute Gasteiger partial charge is 0.480 e. The van der Waals surface area contributed by atoms with Crippen LogP contribution in [-0.4, -0.2) is 11.7 Å². The Morgan fingerprint density at radius 2 is 2.07 bits per heavy atom. The van der Waals surface area contributed by atoms with Crippen LogP contribution in [0.25, 0.3) is 11.0 Å². The second kappa shape index (κ2) is 3.74. The van der Waals surface area contributed by atoms with Gasteiger partial charge in [0.2, 0.25) is 0 Å². The van der Waals surface area contributed by atoms with E-state index in [1.807, 2.05) is 0 Å². The molecule has 0 fully saturated rings. The van der Waals surface area contributed by atoms with Gasteiger partial charge in [0, 0.05) is 0 Å². The van der Waals surface area contributed by atoms with Crippen LogP contribution in [0.3, 0.4) is 0 Å². The summed E-state index contributed by atoms with van der Waals surface area (Å²) in [4.78, 5) is 11.9. The van der Waals surface area contributed by atoms with Gasteiger partial charge in [-0.25, -0.2) is 0 Å². The van der Waals surface area contributed by atoms with E-state index in [0.29, 0.717) is 23.9 Å². The van der Waals surface area contributed by atoms with E-state index in [1.165, 1.54) is 0 Å². The van der Waals surface area contributed by atoms with Gasteiger partial charge >= 0.3 is 0 Å². The van der Waals surface area contributed by atoms with Crippen molar-refractivity contribution in [2.24, 2.45) is 5.73 Å². The second-order valence-corrected chi connectivity index (χ2v) is 3.25. The van der Waals surface area contributed by atoms with Gasteiger partial charge in [-0.05, 0) is 25.1 Å². The molecule has 2 rings (SSSR count). The Morgan fingerprint density at radius 3 is 2.80 bits per heavy atom. The van der Waals surface area contributed by atoms with E-state index in [1.54, 1.807) is 24.3 Å². The molecule has 0 radical (unpaired) electrons. The summed E-state index contributed by atoms with van der Waals surface area (Å²) in [6.07, 6.45) is 0.318. The van der Waals surface area contributed by atoms with Gasteiger partial charge in [0.1, 0.15) is 5.58 Å². The van der Waals surface area contributed by atoms with Crippen LogP contribution in [0.2, 0.25) is 0 Å². The zero-order chi connectivity index (χ0) is 10.8. The van der Waals surface area contributed by atoms with Crippen LogP contribution in [0.5, 0.6) is 5.95 Å². The standard InChI is InChI=1S/C11H11NO3/c12-6-5-8-10(13)7-3-1-2-4-9(7)15-11(8)14/h1-4,14H,5-6,12H2. The molecule has 1 heterocycles. The van der Waals surface area contributed by atoms with E-state index in [-0.39, 0.29) is 16.9 Å². The van der Waals surface area contributed by atoms with Gasteiger partial charge in [0.15, 0.2) is 5.43 Å². The van der Waals surface area contributed by atoms with Gasteiger partial charge in [-0.15, -0.1) is 0 Å². The molecule has 2 aromatic rings. The van der Waals surface area contributed by atoms with E-state index >= 15 is 0 Å². The van der Waals surface area contributed by atoms with Crippen LogP contribution in [0.15, 0.2) is 33.5 Å². The maximum atomic E-state index is 11.9. The van der Waals surface area contributed by atoms with E-state index in [4.69, 9.17) is 10.2 Å². The zero-order valence-corrected chi connectivity index (χ0v) is 8.06. The second-order valence-electron chi connectivity index (χ2n) is 3.25. The minimum absolute atomic E-state index is 0.209. The fraction of sp³-hybridized carbons (Fsp3) is 0.182. The van der Waals surface area contributed by atoms with Crippen LogP contribution < -0.4 is 11.2 Å². The molecule has 0 saturated carbocycles. The van der Waals surface area contributed by atoms with Crippen LogP contribution in [0.1, 0.15) is 5.56 Å². The zero-order valence-electron chi connectivity index (χ0n) is 8.06. The monoisotopic (exact) mass is 205 g/mol. The van der Waals surface area contributed by atoms with E-state index in [2.05, 4.69) is 0 Å². The Hall–Kier alpha value is -1.81. The molecule has 0 aliphatic heterocycles. The average Bonchev–Trinajstić information content (AvgIpc) is 2.24. The quantitative estimate of drug-likeness (QED) is 0.766. The third kappa shape index (κ3) is 1.59. The fourth-order valence-electron chi connectivity index (χ4n) is 1.53. The third-order valence-electron chi connectivity index (χ3n) is 2.26. The highest BCUT2D eigenvalue weighted by Crippen LogP contribution is 2.20. The van der Waals surface area contributed by atoms with Crippen molar-refractivity contribution < 1.29 is 9.52 Å². The molecule has 1 aromatic heterocycles. The predicted molar refractivity (Wildman–Crippen MR) is 56.9 cm³/mol. The van der Waals surface area contributed by atoms with Gasteiger partial charge in [-0.2, -0.15) is 0 Å². The van der Waals surface area contributed by atoms with Crippen LogP contribution in [0, 0.1) is 0 Å². The Kier molecular flexibility index (Phi) is 2.43. The lowest BCUT2D eigenvalue weighted by molar-refractivity contribution is 0.332. The van der Waals surface area contributed by atoms with Crippen molar-refractivity contribution in [3.63, 3.8) is 0 Å². The van der Waals surface area contributed by atoms with Crippen molar-refractivity contribution >= 4 is 11.0 Å². The van der Waals surface area contributed by atoms with E-state index < -0.39 is 0 Å². The first kappa shape index (κ1) is 9.73. The summed E-state index contributed by atoms with van der Waals surface area (Å²) < 4.78 is 5.13. The van der Waals surface area contributed by atoms with Crippen molar-refractivity contribution in [2.75, 3.05) is 6.54 Å². The summed E-state index contributed by atoms with van der Waals surface area (Å²) >= 11 is 0. The van der Waals surface area contributed by atoms with Gasteiger partial charge in [0.25, 0.3) is 5.95 Å². The lowest BCUT2D eigenvalue weighted by Crippen LogP contribution is -2.14. The summed E-state index contributed by atoms with van der Waals surface area (Å²) in [5.41, 5.74) is 5.78. The van der Waals surface area contributed by atoms with E-state index in [0.717, 1.165) is 0 Å². The van der Waals surface area contributed by atoms with Crippen LogP contribution in [0.4, 0.5) is 0 Å². The van der Waals surface area contributed by atoms with Crippen molar-refractivity contribution in [2.45, 2.75) is 6.42 Å². The van der Waals surface area contributed by atoms with Crippen LogP contribution in [-0.2, 0) is 6.42 Å². The normalized spacial score (nSPS) is 10.7. The third-order valence-corrected chi connectivity index (χ3v) is 2.26. The molecule has 0 bridgehead atoms. The predicted octanol–water partition coefficient (Wildman–Crippen LogP) is 1.000. The Morgan fingerprint density at radius 1 is 1.33 bits per heavy atom. The summed E-state index contributed by atoms with van der Waals surface area (Å²) in [6.45, 7) is 0.302. The van der Waals surface area contributed by atoms with E-state index in [9.17, 15) is 9.90 Å². The number of rotatable bonds is 2. The molecule has 0 amide bonds. The first-order valence-corrected chi connectivity index (χ1v) is 4.68. The molecule has 3 N–H and O–H groups in total. The molecule has 0 aliphatic carbocycles. The number of hydrogen-bond donors (Lipinski definition) is 2. The molecule has 4 nitrogen and oxygen atoms in total. The number of nitrogens with two attached hydrogens (primary N) is 1. The molecule has 78 valence electrons. The van der Waals surface area contributed by atoms with Crippen molar-refractivity contribution in [3.8, 4) is 5.95 Å². The van der Waals surface area contributed by atoms with Crippen molar-refractivity contribution in [1.82, 2.24) is 0 Å². The topological polar surface area (TPSA) is 76.5 Å². The highest BCUT2D eigenvalue weighted by molar-refractivity contribution is 5.77. The molecule has 0 atom stereocenters. The van der Waals surface area contributed by atoms with Gasteiger partial charge in [0.05, 0.1) is 10.9 Å². The Balaban J connectivity index is 2.78. The molecule has 4 heteroatoms. The SMILES string of the molecule is NCCc1c(O)oc2ccccc2c1=O. The lowest BCUT2D eigenvalue weighted by atomic mass is 10.1. The molecule has 0 saturated heterocycles. The highest BCUT2D eigenvalue weighted by Gasteiger charge is 2.11. The van der Waals surface area contributed by atoms with Crippen LogP contribution >= 0.6 is 0 Å². The lowest BCUT2D eigenvalue weighted by Gasteiger charge is -2.03. The molecular formula is C11H11NO3. The minimum Gasteiger partial charge on any atom is -0.480 e. The number of hydrogen-bond acceptors (Lipinski definition) is 4. The first-order valence-electron chi connectivity index (χ1n) is 4.68. The smallest absolute Gasteiger partial charge is 0.289 e. The summed E-state index contributed by atoms with van der Waals surface area (Å²) in [7, 11) is 0. The maximum absolute atomic E-state index is 11.9. The van der Waals surface area contributed by atoms with Gasteiger partial charge < -0.3 is 15.3 Å². The summed E-state index contributed by atoms with van der Waals surface area (Å²) in [6, 6.07) is 6.80. The molecular weight excluding hydrogens is 194 g/mol. The number of aromatic hydroxyl groups is 1. The summed E-state index contributed by atoms with van der Waals surface area (Å²) in [5, 5.41) is 9.97. The van der Waals surface area contributed by atoms with Gasteiger partial charge in [-0.3, -0.25) is 4.79 Å². The average molecular weight is 205 g/mol. The molecule has 15 heavy (non-hydrogen) atoms. The van der Waals surface area contributed by atoms with Crippen molar-refractivity contribution in [1.29, 1.82) is 0 Å². The molecule has 0 unspecified atom stereocenters. The number of fused-ring (bicyclic) bond motifs is 1. The van der Waals surface area contributed by atoms with Crippen molar-refractivity contribution in [3.05, 3.63) is 40.1 Å². The molecule has 0 aliphatic rings. The minimum atomic E-state index is -0.329. The number of benzene rings is 1. The van der Waals surface area contributed by atoms with Gasteiger partial charge in [-0.1, -0.05) is 12.1 Å². The number of para-hydroxylation sites is 1. The fourth-order valence-corrected chi connectivity index (χ4v) is 1.53. The Labute approximate surface area is 85.9 Å². The molecule has 0 spiro atoms. The summed E-state index contributed by atoms with van der Waals surface area (Å²) in [5.74, 6) is -0.329. The highest BCUT2D eigenvalue weighted by atomic mass is 16.5. The Bertz CT molecular complexity index is 545.